The standard InChI is InChI=1S/C22H43NO2/c1-2-3-4-5-6-7-8-9-10-11-12-13-14-15-16-17-18-19-21(24)22(25)20-23/h9-10,22,25H,2-8,11-20,23H2,1H3/b10-9-. The Morgan fingerprint density at radius 3 is 1.72 bits per heavy atom. The molecule has 0 amide bonds. The number of nitrogens with two attached hydrogens (primary N) is 1. The van der Waals surface area contributed by atoms with Gasteiger partial charge >= 0.3 is 0 Å². The van der Waals surface area contributed by atoms with E-state index in [0.717, 1.165) is 12.8 Å². The van der Waals surface area contributed by atoms with Gasteiger partial charge in [-0.05, 0) is 32.1 Å². The fraction of sp³-hybridized carbons (Fsp3) is 0.864. The zero-order chi connectivity index (χ0) is 18.6. The first-order valence-corrected chi connectivity index (χ1v) is 10.8. The first-order valence-electron chi connectivity index (χ1n) is 10.8. The molecule has 0 fully saturated rings. The van der Waals surface area contributed by atoms with Gasteiger partial charge in [0.05, 0.1) is 0 Å². The smallest absolute Gasteiger partial charge is 0.162 e. The normalized spacial score (nSPS) is 12.8. The molecule has 0 rings (SSSR count). The topological polar surface area (TPSA) is 63.3 Å². The van der Waals surface area contributed by atoms with Gasteiger partial charge in [-0.1, -0.05) is 83.3 Å². The molecule has 0 aromatic rings. The number of hydrogen-bond donors (Lipinski definition) is 2. The molecular weight excluding hydrogens is 310 g/mol. The van der Waals surface area contributed by atoms with Crippen molar-refractivity contribution in [3.63, 3.8) is 0 Å². The van der Waals surface area contributed by atoms with Crippen LogP contribution in [-0.4, -0.2) is 23.5 Å². The summed E-state index contributed by atoms with van der Waals surface area (Å²) < 4.78 is 0. The van der Waals surface area contributed by atoms with Crippen molar-refractivity contribution in [1.29, 1.82) is 0 Å². The lowest BCUT2D eigenvalue weighted by Gasteiger charge is -2.06. The molecule has 1 atom stereocenters. The van der Waals surface area contributed by atoms with Gasteiger partial charge in [-0.15, -0.1) is 0 Å². The van der Waals surface area contributed by atoms with Gasteiger partial charge in [-0.25, -0.2) is 0 Å². The molecule has 0 aliphatic heterocycles. The highest BCUT2D eigenvalue weighted by Crippen LogP contribution is 2.11. The summed E-state index contributed by atoms with van der Waals surface area (Å²) in [5.74, 6) is -0.102. The molecule has 0 saturated carbocycles. The van der Waals surface area contributed by atoms with Gasteiger partial charge in [0.1, 0.15) is 6.10 Å². The van der Waals surface area contributed by atoms with Crippen LogP contribution in [0.2, 0.25) is 0 Å². The number of Topliss-reactive ketones (excluding diaryl/α,β-unsaturated/α-hetero) is 1. The summed E-state index contributed by atoms with van der Waals surface area (Å²) in [5, 5.41) is 9.28. The lowest BCUT2D eigenvalue weighted by atomic mass is 10.0. The minimum absolute atomic E-state index is 0.0479. The summed E-state index contributed by atoms with van der Waals surface area (Å²) in [6.07, 6.45) is 23.3. The van der Waals surface area contributed by atoms with Crippen LogP contribution in [0, 0.1) is 0 Å². The predicted molar refractivity (Wildman–Crippen MR) is 109 cm³/mol. The first-order chi connectivity index (χ1) is 12.2. The van der Waals surface area contributed by atoms with Crippen molar-refractivity contribution in [1.82, 2.24) is 0 Å². The molecule has 0 heterocycles. The van der Waals surface area contributed by atoms with E-state index >= 15 is 0 Å². The largest absolute Gasteiger partial charge is 0.384 e. The minimum Gasteiger partial charge on any atom is -0.384 e. The maximum atomic E-state index is 11.4. The Morgan fingerprint density at radius 1 is 0.800 bits per heavy atom. The van der Waals surface area contributed by atoms with Gasteiger partial charge in [0.25, 0.3) is 0 Å². The summed E-state index contributed by atoms with van der Waals surface area (Å²) >= 11 is 0. The molecule has 0 aromatic carbocycles. The highest BCUT2D eigenvalue weighted by atomic mass is 16.3. The van der Waals surface area contributed by atoms with E-state index in [4.69, 9.17) is 5.73 Å². The Morgan fingerprint density at radius 2 is 1.24 bits per heavy atom. The van der Waals surface area contributed by atoms with Crippen molar-refractivity contribution in [2.45, 2.75) is 116 Å². The number of ketones is 1. The molecule has 3 N–H and O–H groups in total. The van der Waals surface area contributed by atoms with Gasteiger partial charge in [0.2, 0.25) is 0 Å². The molecule has 1 unspecified atom stereocenters. The van der Waals surface area contributed by atoms with E-state index in [9.17, 15) is 9.90 Å². The third-order valence-corrected chi connectivity index (χ3v) is 4.78. The zero-order valence-corrected chi connectivity index (χ0v) is 16.7. The number of carbonyl (C=O) groups is 1. The number of unbranched alkanes of at least 4 members (excludes halogenated alkanes) is 13. The molecule has 0 radical (unpaired) electrons. The Balaban J connectivity index is 3.18. The number of hydrogen-bond acceptors (Lipinski definition) is 3. The maximum absolute atomic E-state index is 11.4. The van der Waals surface area contributed by atoms with Gasteiger partial charge in [-0.2, -0.15) is 0 Å². The molecule has 0 bridgehead atoms. The van der Waals surface area contributed by atoms with E-state index in [-0.39, 0.29) is 12.3 Å². The molecule has 148 valence electrons. The molecule has 3 nitrogen and oxygen atoms in total. The minimum atomic E-state index is -0.950. The molecule has 0 aliphatic rings. The Labute approximate surface area is 156 Å². The maximum Gasteiger partial charge on any atom is 0.162 e. The van der Waals surface area contributed by atoms with Crippen molar-refractivity contribution >= 4 is 5.78 Å². The lowest BCUT2D eigenvalue weighted by Crippen LogP contribution is -2.28. The zero-order valence-electron chi connectivity index (χ0n) is 16.7. The third kappa shape index (κ3) is 17.9. The van der Waals surface area contributed by atoms with Gasteiger partial charge in [0, 0.05) is 13.0 Å². The number of rotatable bonds is 19. The molecule has 0 aromatic heterocycles. The number of aliphatic hydroxyl groups is 1. The Hall–Kier alpha value is -0.670. The lowest BCUT2D eigenvalue weighted by molar-refractivity contribution is -0.126. The predicted octanol–water partition coefficient (Wildman–Crippen LogP) is 5.69. The highest BCUT2D eigenvalue weighted by molar-refractivity contribution is 5.82. The van der Waals surface area contributed by atoms with E-state index in [1.54, 1.807) is 0 Å². The van der Waals surface area contributed by atoms with Crippen molar-refractivity contribution < 1.29 is 9.90 Å². The Kier molecular flexibility index (Phi) is 19.1. The van der Waals surface area contributed by atoms with E-state index in [1.807, 2.05) is 0 Å². The first kappa shape index (κ1) is 24.3. The van der Waals surface area contributed by atoms with Crippen LogP contribution in [0.1, 0.15) is 110 Å². The van der Waals surface area contributed by atoms with Crippen LogP contribution in [0.15, 0.2) is 12.2 Å². The van der Waals surface area contributed by atoms with Crippen molar-refractivity contribution in [3.8, 4) is 0 Å². The third-order valence-electron chi connectivity index (χ3n) is 4.78. The average Bonchev–Trinajstić information content (AvgIpc) is 2.63. The Bertz CT molecular complexity index is 315. The molecule has 0 spiro atoms. The SMILES string of the molecule is CCCCCCCC/C=C\CCCCCCCCCC(=O)C(O)CN. The molecule has 0 saturated heterocycles. The van der Waals surface area contributed by atoms with E-state index in [2.05, 4.69) is 19.1 Å². The second kappa shape index (κ2) is 19.7. The fourth-order valence-corrected chi connectivity index (χ4v) is 3.02. The summed E-state index contributed by atoms with van der Waals surface area (Å²) in [4.78, 5) is 11.4. The monoisotopic (exact) mass is 353 g/mol. The number of carbonyl (C=O) groups excluding carboxylic acids is 1. The molecular formula is C22H43NO2. The van der Waals surface area contributed by atoms with Crippen molar-refractivity contribution in [2.24, 2.45) is 5.73 Å². The van der Waals surface area contributed by atoms with Gasteiger partial charge < -0.3 is 10.8 Å². The van der Waals surface area contributed by atoms with E-state index < -0.39 is 6.10 Å². The average molecular weight is 354 g/mol. The van der Waals surface area contributed by atoms with Crippen LogP contribution in [0.4, 0.5) is 0 Å². The molecule has 3 heteroatoms. The van der Waals surface area contributed by atoms with Crippen LogP contribution in [0.3, 0.4) is 0 Å². The van der Waals surface area contributed by atoms with E-state index in [1.165, 1.54) is 83.5 Å². The van der Waals surface area contributed by atoms with Crippen LogP contribution in [0.25, 0.3) is 0 Å². The number of aliphatic hydroxyl groups excluding tert-OH is 1. The molecule has 0 aliphatic carbocycles. The van der Waals surface area contributed by atoms with Crippen LogP contribution in [0.5, 0.6) is 0 Å². The second-order valence-corrected chi connectivity index (χ2v) is 7.26. The van der Waals surface area contributed by atoms with Crippen molar-refractivity contribution in [3.05, 3.63) is 12.2 Å². The molecule has 25 heavy (non-hydrogen) atoms. The summed E-state index contributed by atoms with van der Waals surface area (Å²) in [5.41, 5.74) is 5.26. The van der Waals surface area contributed by atoms with Crippen LogP contribution in [-0.2, 0) is 4.79 Å². The highest BCUT2D eigenvalue weighted by Gasteiger charge is 2.11. The summed E-state index contributed by atoms with van der Waals surface area (Å²) in [6, 6.07) is 0. The second-order valence-electron chi connectivity index (χ2n) is 7.26. The summed E-state index contributed by atoms with van der Waals surface area (Å²) in [6.45, 7) is 2.31. The van der Waals surface area contributed by atoms with Crippen molar-refractivity contribution in [2.75, 3.05) is 6.54 Å². The van der Waals surface area contributed by atoms with Gasteiger partial charge in [0.15, 0.2) is 5.78 Å². The van der Waals surface area contributed by atoms with Gasteiger partial charge in [-0.3, -0.25) is 4.79 Å². The fourth-order valence-electron chi connectivity index (χ4n) is 3.02. The quantitative estimate of drug-likeness (QED) is 0.231. The van der Waals surface area contributed by atoms with E-state index in [0.29, 0.717) is 6.42 Å². The number of allylic oxidation sites excluding steroid dienone is 2. The van der Waals surface area contributed by atoms with Crippen LogP contribution < -0.4 is 5.73 Å². The summed E-state index contributed by atoms with van der Waals surface area (Å²) in [7, 11) is 0. The van der Waals surface area contributed by atoms with Crippen LogP contribution >= 0.6 is 0 Å².